The average Bonchev–Trinajstić information content (AvgIpc) is 2.80. The third-order valence-electron chi connectivity index (χ3n) is 3.39. The van der Waals surface area contributed by atoms with Crippen LogP contribution in [-0.4, -0.2) is 42.3 Å². The number of benzene rings is 1. The normalized spacial score (nSPS) is 16.3. The summed E-state index contributed by atoms with van der Waals surface area (Å²) < 4.78 is 1.48. The van der Waals surface area contributed by atoms with Gasteiger partial charge in [0.1, 0.15) is 0 Å². The van der Waals surface area contributed by atoms with Crippen molar-refractivity contribution in [2.24, 2.45) is 0 Å². The van der Waals surface area contributed by atoms with Gasteiger partial charge in [0.2, 0.25) is 0 Å². The summed E-state index contributed by atoms with van der Waals surface area (Å²) in [4.78, 5) is 21.3. The van der Waals surface area contributed by atoms with E-state index in [4.69, 9.17) is 0 Å². The SMILES string of the molecule is [CH3][Sn]([CH3])([CH3])[c]1ccc(C(=O)N2CCCC2)cc1. The summed E-state index contributed by atoms with van der Waals surface area (Å²) in [5, 5.41) is 0. The number of hydrogen-bond donors (Lipinski definition) is 0. The van der Waals surface area contributed by atoms with Crippen LogP contribution < -0.4 is 3.58 Å². The van der Waals surface area contributed by atoms with Crippen molar-refractivity contribution in [2.75, 3.05) is 13.1 Å². The molecule has 17 heavy (non-hydrogen) atoms. The molecule has 92 valence electrons. The van der Waals surface area contributed by atoms with E-state index in [0.29, 0.717) is 0 Å². The van der Waals surface area contributed by atoms with E-state index < -0.39 is 18.4 Å². The van der Waals surface area contributed by atoms with Crippen molar-refractivity contribution in [1.82, 2.24) is 4.90 Å². The first-order valence-corrected chi connectivity index (χ1v) is 16.4. The van der Waals surface area contributed by atoms with E-state index in [2.05, 4.69) is 27.0 Å². The van der Waals surface area contributed by atoms with Crippen LogP contribution in [0.5, 0.6) is 0 Å². The van der Waals surface area contributed by atoms with Gasteiger partial charge < -0.3 is 0 Å². The molecule has 1 heterocycles. The Morgan fingerprint density at radius 2 is 1.59 bits per heavy atom. The quantitative estimate of drug-likeness (QED) is 0.759. The van der Waals surface area contributed by atoms with Gasteiger partial charge in [0, 0.05) is 0 Å². The number of carbonyl (C=O) groups excluding carboxylic acids is 1. The van der Waals surface area contributed by atoms with Crippen LogP contribution in [0.4, 0.5) is 0 Å². The van der Waals surface area contributed by atoms with Crippen molar-refractivity contribution in [3.05, 3.63) is 29.8 Å². The summed E-state index contributed by atoms with van der Waals surface area (Å²) in [5.41, 5.74) is 0.853. The van der Waals surface area contributed by atoms with Gasteiger partial charge in [-0.25, -0.2) is 0 Å². The first-order chi connectivity index (χ1) is 7.98. The third kappa shape index (κ3) is 3.03. The molecule has 0 radical (unpaired) electrons. The number of rotatable bonds is 2. The number of likely N-dealkylation sites (tertiary alicyclic amines) is 1. The fourth-order valence-electron chi connectivity index (χ4n) is 2.22. The summed E-state index contributed by atoms with van der Waals surface area (Å²) >= 11 is -1.96. The molecule has 0 atom stereocenters. The summed E-state index contributed by atoms with van der Waals surface area (Å²) in [6.45, 7) is 1.86. The van der Waals surface area contributed by atoms with Crippen molar-refractivity contribution in [3.8, 4) is 0 Å². The molecule has 1 saturated heterocycles. The molecule has 0 unspecified atom stereocenters. The predicted molar refractivity (Wildman–Crippen MR) is 74.6 cm³/mol. The Morgan fingerprint density at radius 3 is 2.06 bits per heavy atom. The zero-order valence-corrected chi connectivity index (χ0v) is 13.8. The molecular formula is C14H21NOSn. The Labute approximate surface area is 108 Å². The van der Waals surface area contributed by atoms with Crippen molar-refractivity contribution >= 4 is 27.9 Å². The summed E-state index contributed by atoms with van der Waals surface area (Å²) in [6.07, 6.45) is 2.31. The Balaban J connectivity index is 2.15. The number of carbonyl (C=O) groups is 1. The number of nitrogens with zero attached hydrogens (tertiary/aromatic N) is 1. The molecule has 0 aliphatic carbocycles. The monoisotopic (exact) mass is 339 g/mol. The fourth-order valence-corrected chi connectivity index (χ4v) is 5.55. The standard InChI is InChI=1S/C11H12NO.3CH3.Sn/c13-11(12-8-4-5-9-12)10-6-2-1-3-7-10;;;;/h2-3,6-7H,4-5,8-9H2;3*1H3;. The van der Waals surface area contributed by atoms with Crippen LogP contribution in [0.1, 0.15) is 23.2 Å². The van der Waals surface area contributed by atoms with E-state index in [-0.39, 0.29) is 5.91 Å². The zero-order chi connectivity index (χ0) is 12.5. The van der Waals surface area contributed by atoms with Crippen molar-refractivity contribution < 1.29 is 4.79 Å². The first-order valence-electron chi connectivity index (χ1n) is 6.38. The Kier molecular flexibility index (Phi) is 3.81. The summed E-state index contributed by atoms with van der Waals surface area (Å²) in [6, 6.07) is 8.36. The van der Waals surface area contributed by atoms with Crippen molar-refractivity contribution in [1.29, 1.82) is 0 Å². The van der Waals surface area contributed by atoms with Crippen molar-refractivity contribution in [2.45, 2.75) is 27.7 Å². The Bertz CT molecular complexity index is 399. The number of amides is 1. The van der Waals surface area contributed by atoms with Crippen LogP contribution in [-0.2, 0) is 0 Å². The second-order valence-corrected chi connectivity index (χ2v) is 20.3. The maximum atomic E-state index is 12.2. The van der Waals surface area contributed by atoms with Crippen LogP contribution in [0.25, 0.3) is 0 Å². The molecule has 1 aliphatic rings. The van der Waals surface area contributed by atoms with Gasteiger partial charge in [-0.1, -0.05) is 0 Å². The molecule has 1 aliphatic heterocycles. The van der Waals surface area contributed by atoms with E-state index in [9.17, 15) is 4.79 Å². The van der Waals surface area contributed by atoms with Gasteiger partial charge in [-0.2, -0.15) is 0 Å². The van der Waals surface area contributed by atoms with E-state index in [0.717, 1.165) is 31.5 Å². The molecule has 1 fully saturated rings. The van der Waals surface area contributed by atoms with Gasteiger partial charge in [0.25, 0.3) is 0 Å². The molecule has 0 saturated carbocycles. The predicted octanol–water partition coefficient (Wildman–Crippen LogP) is 2.47. The number of hydrogen-bond acceptors (Lipinski definition) is 1. The molecule has 0 spiro atoms. The molecule has 1 amide bonds. The second-order valence-electron chi connectivity index (χ2n) is 5.83. The molecule has 1 aromatic rings. The van der Waals surface area contributed by atoms with Crippen LogP contribution in [0.2, 0.25) is 14.8 Å². The topological polar surface area (TPSA) is 20.3 Å². The third-order valence-corrected chi connectivity index (χ3v) is 9.29. The fraction of sp³-hybridized carbons (Fsp3) is 0.500. The minimum atomic E-state index is -1.96. The summed E-state index contributed by atoms with van der Waals surface area (Å²) in [7, 11) is 0. The van der Waals surface area contributed by atoms with Gasteiger partial charge in [0.15, 0.2) is 0 Å². The van der Waals surface area contributed by atoms with E-state index in [1.54, 1.807) is 0 Å². The molecule has 2 nitrogen and oxygen atoms in total. The van der Waals surface area contributed by atoms with Crippen LogP contribution >= 0.6 is 0 Å². The molecule has 3 heteroatoms. The molecule has 1 aromatic carbocycles. The van der Waals surface area contributed by atoms with E-state index in [1.807, 2.05) is 17.0 Å². The second kappa shape index (κ2) is 5.00. The Morgan fingerprint density at radius 1 is 1.06 bits per heavy atom. The average molecular weight is 338 g/mol. The maximum absolute atomic E-state index is 12.2. The summed E-state index contributed by atoms with van der Waals surface area (Å²) in [5.74, 6) is 0.207. The Hall–Kier alpha value is -0.511. The minimum absolute atomic E-state index is 0.207. The van der Waals surface area contributed by atoms with Gasteiger partial charge in [-0.05, 0) is 0 Å². The van der Waals surface area contributed by atoms with Gasteiger partial charge in [-0.3, -0.25) is 0 Å². The molecule has 2 rings (SSSR count). The van der Waals surface area contributed by atoms with Gasteiger partial charge in [-0.15, -0.1) is 0 Å². The first kappa shape index (κ1) is 12.9. The van der Waals surface area contributed by atoms with Crippen molar-refractivity contribution in [3.63, 3.8) is 0 Å². The molecule has 0 N–H and O–H groups in total. The molecule has 0 bridgehead atoms. The molecule has 0 aromatic heterocycles. The van der Waals surface area contributed by atoms with E-state index in [1.165, 1.54) is 3.58 Å². The molecular weight excluding hydrogens is 317 g/mol. The van der Waals surface area contributed by atoms with Crippen LogP contribution in [0.15, 0.2) is 24.3 Å². The van der Waals surface area contributed by atoms with Crippen LogP contribution in [0, 0.1) is 0 Å². The van der Waals surface area contributed by atoms with Gasteiger partial charge in [0.05, 0.1) is 0 Å². The van der Waals surface area contributed by atoms with Gasteiger partial charge >= 0.3 is 108 Å². The van der Waals surface area contributed by atoms with Crippen LogP contribution in [0.3, 0.4) is 0 Å². The zero-order valence-electron chi connectivity index (χ0n) is 11.0. The van der Waals surface area contributed by atoms with E-state index >= 15 is 0 Å².